The topological polar surface area (TPSA) is 75.6 Å². The van der Waals surface area contributed by atoms with Crippen LogP contribution in [0.5, 0.6) is 0 Å². The maximum atomic E-state index is 11.6. The fourth-order valence-electron chi connectivity index (χ4n) is 1.92. The van der Waals surface area contributed by atoms with Crippen molar-refractivity contribution >= 4 is 11.9 Å². The fraction of sp³-hybridized carbons (Fsp3) is 0.833. The van der Waals surface area contributed by atoms with E-state index < -0.39 is 12.0 Å². The minimum absolute atomic E-state index is 0.112. The van der Waals surface area contributed by atoms with Gasteiger partial charge >= 0.3 is 5.97 Å². The molecule has 1 fully saturated rings. The van der Waals surface area contributed by atoms with E-state index in [1.54, 1.807) is 13.8 Å². The van der Waals surface area contributed by atoms with Crippen LogP contribution in [0.2, 0.25) is 0 Å². The van der Waals surface area contributed by atoms with Crippen LogP contribution in [0.25, 0.3) is 0 Å². The Hall–Kier alpha value is -1.10. The molecule has 0 radical (unpaired) electrons. The second kappa shape index (κ2) is 6.59. The summed E-state index contributed by atoms with van der Waals surface area (Å²) in [5.41, 5.74) is 0. The molecule has 2 N–H and O–H groups in total. The highest BCUT2D eigenvalue weighted by Crippen LogP contribution is 2.16. The largest absolute Gasteiger partial charge is 0.480 e. The van der Waals surface area contributed by atoms with Crippen LogP contribution in [0.15, 0.2) is 0 Å². The highest BCUT2D eigenvalue weighted by atomic mass is 16.5. The maximum Gasteiger partial charge on any atom is 0.326 e. The Morgan fingerprint density at radius 1 is 1.47 bits per heavy atom. The first kappa shape index (κ1) is 14.0. The Morgan fingerprint density at radius 2 is 2.18 bits per heavy atom. The molecule has 1 amide bonds. The van der Waals surface area contributed by atoms with Crippen molar-refractivity contribution in [3.8, 4) is 0 Å². The molecule has 0 bridgehead atoms. The molecule has 0 aliphatic carbocycles. The third kappa shape index (κ3) is 4.73. The Kier molecular flexibility index (Phi) is 5.41. The molecule has 2 atom stereocenters. The fourth-order valence-corrected chi connectivity index (χ4v) is 1.92. The molecule has 0 aromatic heterocycles. The number of amides is 1. The van der Waals surface area contributed by atoms with Crippen molar-refractivity contribution in [2.45, 2.75) is 51.7 Å². The number of carbonyl (C=O) groups is 2. The Labute approximate surface area is 102 Å². The molecule has 98 valence electrons. The average Bonchev–Trinajstić information content (AvgIpc) is 2.74. The van der Waals surface area contributed by atoms with Crippen LogP contribution < -0.4 is 5.32 Å². The van der Waals surface area contributed by atoms with Crippen molar-refractivity contribution in [1.29, 1.82) is 0 Å². The zero-order valence-electron chi connectivity index (χ0n) is 10.4. The van der Waals surface area contributed by atoms with Gasteiger partial charge in [-0.3, -0.25) is 4.79 Å². The SMILES string of the molecule is CC(C)[C@@H](NC(=O)CC[C@@H]1CCCO1)C(=O)O. The third-order valence-corrected chi connectivity index (χ3v) is 2.97. The molecule has 0 spiro atoms. The lowest BCUT2D eigenvalue weighted by atomic mass is 10.0. The van der Waals surface area contributed by atoms with Gasteiger partial charge in [-0.2, -0.15) is 0 Å². The Bertz CT molecular complexity index is 272. The molecule has 1 saturated heterocycles. The van der Waals surface area contributed by atoms with E-state index in [0.717, 1.165) is 19.4 Å². The minimum Gasteiger partial charge on any atom is -0.480 e. The number of rotatable bonds is 6. The van der Waals surface area contributed by atoms with Gasteiger partial charge < -0.3 is 15.2 Å². The van der Waals surface area contributed by atoms with Crippen molar-refractivity contribution in [3.63, 3.8) is 0 Å². The molecule has 5 heteroatoms. The molecule has 1 aliphatic rings. The predicted octanol–water partition coefficient (Wildman–Crippen LogP) is 1.17. The summed E-state index contributed by atoms with van der Waals surface area (Å²) >= 11 is 0. The van der Waals surface area contributed by atoms with Gasteiger partial charge in [-0.25, -0.2) is 4.79 Å². The molecular formula is C12H21NO4. The Morgan fingerprint density at radius 3 is 2.65 bits per heavy atom. The zero-order chi connectivity index (χ0) is 12.8. The molecule has 0 saturated carbocycles. The molecule has 1 heterocycles. The molecule has 0 aromatic carbocycles. The smallest absolute Gasteiger partial charge is 0.326 e. The Balaban J connectivity index is 2.29. The first-order valence-corrected chi connectivity index (χ1v) is 6.14. The summed E-state index contributed by atoms with van der Waals surface area (Å²) in [4.78, 5) is 22.5. The molecule has 5 nitrogen and oxygen atoms in total. The molecule has 1 aliphatic heterocycles. The number of hydrogen-bond acceptors (Lipinski definition) is 3. The van der Waals surface area contributed by atoms with Crippen molar-refractivity contribution in [1.82, 2.24) is 5.32 Å². The van der Waals surface area contributed by atoms with E-state index in [2.05, 4.69) is 5.32 Å². The van der Waals surface area contributed by atoms with Crippen molar-refractivity contribution in [2.75, 3.05) is 6.61 Å². The van der Waals surface area contributed by atoms with E-state index in [1.807, 2.05) is 0 Å². The van der Waals surface area contributed by atoms with Gasteiger partial charge in [-0.05, 0) is 25.2 Å². The van der Waals surface area contributed by atoms with Gasteiger partial charge in [0.25, 0.3) is 0 Å². The van der Waals surface area contributed by atoms with E-state index in [-0.39, 0.29) is 17.9 Å². The second-order valence-corrected chi connectivity index (χ2v) is 4.80. The summed E-state index contributed by atoms with van der Waals surface area (Å²) in [6.45, 7) is 4.33. The van der Waals surface area contributed by atoms with E-state index in [1.165, 1.54) is 0 Å². The van der Waals surface area contributed by atoms with E-state index in [9.17, 15) is 9.59 Å². The standard InChI is InChI=1S/C12H21NO4/c1-8(2)11(12(15)16)13-10(14)6-5-9-4-3-7-17-9/h8-9,11H,3-7H2,1-2H3,(H,13,14)(H,15,16)/t9-,11+/m0/s1. The first-order valence-electron chi connectivity index (χ1n) is 6.14. The van der Waals surface area contributed by atoms with Gasteiger partial charge in [-0.1, -0.05) is 13.8 Å². The van der Waals surface area contributed by atoms with E-state index in [4.69, 9.17) is 9.84 Å². The highest BCUT2D eigenvalue weighted by molar-refractivity contribution is 5.83. The first-order chi connectivity index (χ1) is 8.00. The molecular weight excluding hydrogens is 222 g/mol. The van der Waals surface area contributed by atoms with Crippen molar-refractivity contribution in [2.24, 2.45) is 5.92 Å². The number of ether oxygens (including phenoxy) is 1. The molecule has 0 aromatic rings. The average molecular weight is 243 g/mol. The monoisotopic (exact) mass is 243 g/mol. The summed E-state index contributed by atoms with van der Waals surface area (Å²) in [6, 6.07) is -0.799. The van der Waals surface area contributed by atoms with Crippen LogP contribution in [-0.4, -0.2) is 35.7 Å². The summed E-state index contributed by atoms with van der Waals surface area (Å²) in [5.74, 6) is -1.30. The summed E-state index contributed by atoms with van der Waals surface area (Å²) < 4.78 is 5.41. The third-order valence-electron chi connectivity index (χ3n) is 2.97. The van der Waals surface area contributed by atoms with Gasteiger partial charge in [-0.15, -0.1) is 0 Å². The van der Waals surface area contributed by atoms with E-state index >= 15 is 0 Å². The zero-order valence-corrected chi connectivity index (χ0v) is 10.4. The van der Waals surface area contributed by atoms with Crippen LogP contribution in [-0.2, 0) is 14.3 Å². The lowest BCUT2D eigenvalue weighted by Crippen LogP contribution is -2.44. The predicted molar refractivity (Wildman–Crippen MR) is 62.6 cm³/mol. The quantitative estimate of drug-likeness (QED) is 0.734. The number of carboxylic acid groups (broad SMARTS) is 1. The van der Waals surface area contributed by atoms with Gasteiger partial charge in [0.1, 0.15) is 6.04 Å². The molecule has 1 rings (SSSR count). The summed E-state index contributed by atoms with van der Waals surface area (Å²) in [6.07, 6.45) is 3.23. The van der Waals surface area contributed by atoms with Crippen LogP contribution in [0.1, 0.15) is 39.5 Å². The van der Waals surface area contributed by atoms with Crippen molar-refractivity contribution < 1.29 is 19.4 Å². The highest BCUT2D eigenvalue weighted by Gasteiger charge is 2.24. The van der Waals surface area contributed by atoms with E-state index in [0.29, 0.717) is 12.8 Å². The number of aliphatic carboxylic acids is 1. The number of carbonyl (C=O) groups excluding carboxylic acids is 1. The number of carboxylic acids is 1. The lowest BCUT2D eigenvalue weighted by Gasteiger charge is -2.18. The van der Waals surface area contributed by atoms with Gasteiger partial charge in [0.15, 0.2) is 0 Å². The number of hydrogen-bond donors (Lipinski definition) is 2. The summed E-state index contributed by atoms with van der Waals surface area (Å²) in [7, 11) is 0. The normalized spacial score (nSPS) is 21.5. The van der Waals surface area contributed by atoms with Gasteiger partial charge in [0, 0.05) is 13.0 Å². The molecule has 17 heavy (non-hydrogen) atoms. The van der Waals surface area contributed by atoms with Crippen molar-refractivity contribution in [3.05, 3.63) is 0 Å². The summed E-state index contributed by atoms with van der Waals surface area (Å²) in [5, 5.41) is 11.5. The molecule has 0 unspecified atom stereocenters. The minimum atomic E-state index is -0.981. The van der Waals surface area contributed by atoms with Gasteiger partial charge in [0.05, 0.1) is 6.10 Å². The second-order valence-electron chi connectivity index (χ2n) is 4.80. The lowest BCUT2D eigenvalue weighted by molar-refractivity contribution is -0.143. The van der Waals surface area contributed by atoms with Crippen LogP contribution in [0, 0.1) is 5.92 Å². The van der Waals surface area contributed by atoms with Crippen LogP contribution in [0.4, 0.5) is 0 Å². The maximum absolute atomic E-state index is 11.6. The van der Waals surface area contributed by atoms with Crippen LogP contribution >= 0.6 is 0 Å². The van der Waals surface area contributed by atoms with Gasteiger partial charge in [0.2, 0.25) is 5.91 Å². The number of nitrogens with one attached hydrogen (secondary N) is 1. The van der Waals surface area contributed by atoms with Crippen LogP contribution in [0.3, 0.4) is 0 Å².